The zero-order valence-corrected chi connectivity index (χ0v) is 10.3. The number of pyridine rings is 1. The molecule has 0 aliphatic rings. The van der Waals surface area contributed by atoms with E-state index in [4.69, 9.17) is 28.5 Å². The van der Waals surface area contributed by atoms with Gasteiger partial charge in [0.15, 0.2) is 0 Å². The SMILES string of the molecule is N#CCc1cncc(-c2ccc(Cl)c(Cl)c2)c1. The maximum absolute atomic E-state index is 8.65. The molecule has 0 aliphatic heterocycles. The van der Waals surface area contributed by atoms with Crippen molar-refractivity contribution in [1.29, 1.82) is 5.26 Å². The molecular weight excluding hydrogens is 255 g/mol. The van der Waals surface area contributed by atoms with Gasteiger partial charge in [-0.2, -0.15) is 5.26 Å². The Hall–Kier alpha value is -1.56. The minimum absolute atomic E-state index is 0.349. The summed E-state index contributed by atoms with van der Waals surface area (Å²) in [6, 6.07) is 9.43. The van der Waals surface area contributed by atoms with Gasteiger partial charge in [0.1, 0.15) is 0 Å². The predicted molar refractivity (Wildman–Crippen MR) is 69.0 cm³/mol. The third kappa shape index (κ3) is 2.76. The van der Waals surface area contributed by atoms with Crippen molar-refractivity contribution in [2.24, 2.45) is 0 Å². The third-order valence-electron chi connectivity index (χ3n) is 2.33. The second kappa shape index (κ2) is 5.18. The van der Waals surface area contributed by atoms with Gasteiger partial charge in [0.2, 0.25) is 0 Å². The molecule has 1 heterocycles. The molecule has 0 radical (unpaired) electrons. The standard InChI is InChI=1S/C13H8Cl2N2/c14-12-2-1-10(6-13(12)15)11-5-9(3-4-16)7-17-8-11/h1-2,5-8H,3H2. The summed E-state index contributed by atoms with van der Waals surface area (Å²) in [4.78, 5) is 4.10. The van der Waals surface area contributed by atoms with Gasteiger partial charge in [0.05, 0.1) is 22.5 Å². The molecule has 0 amide bonds. The highest BCUT2D eigenvalue weighted by Crippen LogP contribution is 2.28. The Morgan fingerprint density at radius 2 is 1.88 bits per heavy atom. The second-order valence-corrected chi connectivity index (χ2v) is 4.36. The minimum Gasteiger partial charge on any atom is -0.264 e. The molecule has 2 aromatic rings. The van der Waals surface area contributed by atoms with E-state index in [0.29, 0.717) is 16.5 Å². The van der Waals surface area contributed by atoms with Gasteiger partial charge in [-0.25, -0.2) is 0 Å². The van der Waals surface area contributed by atoms with Crippen LogP contribution in [0.4, 0.5) is 0 Å². The highest BCUT2D eigenvalue weighted by atomic mass is 35.5. The Kier molecular flexibility index (Phi) is 3.63. The molecule has 4 heteroatoms. The summed E-state index contributed by atoms with van der Waals surface area (Å²) in [5.74, 6) is 0. The van der Waals surface area contributed by atoms with Crippen molar-refractivity contribution < 1.29 is 0 Å². The van der Waals surface area contributed by atoms with E-state index in [1.54, 1.807) is 24.5 Å². The number of benzene rings is 1. The number of halogens is 2. The van der Waals surface area contributed by atoms with Crippen LogP contribution in [-0.2, 0) is 6.42 Å². The Morgan fingerprint density at radius 1 is 1.06 bits per heavy atom. The van der Waals surface area contributed by atoms with E-state index in [0.717, 1.165) is 16.7 Å². The molecule has 0 spiro atoms. The molecule has 1 aromatic carbocycles. The summed E-state index contributed by atoms with van der Waals surface area (Å²) in [7, 11) is 0. The monoisotopic (exact) mass is 262 g/mol. The summed E-state index contributed by atoms with van der Waals surface area (Å²) >= 11 is 11.8. The summed E-state index contributed by atoms with van der Waals surface area (Å²) in [6.07, 6.45) is 3.77. The van der Waals surface area contributed by atoms with Gasteiger partial charge in [-0.3, -0.25) is 4.98 Å². The molecule has 2 rings (SSSR count). The van der Waals surface area contributed by atoms with Crippen LogP contribution in [-0.4, -0.2) is 4.98 Å². The fraction of sp³-hybridized carbons (Fsp3) is 0.0769. The van der Waals surface area contributed by atoms with Crippen LogP contribution in [0.2, 0.25) is 10.0 Å². The average Bonchev–Trinajstić information content (AvgIpc) is 2.33. The topological polar surface area (TPSA) is 36.7 Å². The predicted octanol–water partition coefficient (Wildman–Crippen LogP) is 4.12. The number of aromatic nitrogens is 1. The number of nitrogens with zero attached hydrogens (tertiary/aromatic N) is 2. The first-order valence-electron chi connectivity index (χ1n) is 4.97. The fourth-order valence-corrected chi connectivity index (χ4v) is 1.81. The molecule has 0 N–H and O–H groups in total. The minimum atomic E-state index is 0.349. The van der Waals surface area contributed by atoms with Gasteiger partial charge in [-0.15, -0.1) is 0 Å². The molecule has 1 aromatic heterocycles. The maximum atomic E-state index is 8.65. The molecule has 0 saturated carbocycles. The molecule has 2 nitrogen and oxygen atoms in total. The summed E-state index contributed by atoms with van der Waals surface area (Å²) in [6.45, 7) is 0. The van der Waals surface area contributed by atoms with E-state index in [2.05, 4.69) is 11.1 Å². The molecule has 0 atom stereocenters. The summed E-state index contributed by atoms with van der Waals surface area (Å²) in [5, 5.41) is 9.68. The summed E-state index contributed by atoms with van der Waals surface area (Å²) < 4.78 is 0. The lowest BCUT2D eigenvalue weighted by molar-refractivity contribution is 1.19. The van der Waals surface area contributed by atoms with Crippen molar-refractivity contribution in [3.05, 3.63) is 52.3 Å². The van der Waals surface area contributed by atoms with Crippen LogP contribution in [0.1, 0.15) is 5.56 Å². The van der Waals surface area contributed by atoms with Crippen LogP contribution in [0.15, 0.2) is 36.7 Å². The molecule has 17 heavy (non-hydrogen) atoms. The van der Waals surface area contributed by atoms with Crippen molar-refractivity contribution in [2.75, 3.05) is 0 Å². The Balaban J connectivity index is 2.42. The zero-order chi connectivity index (χ0) is 12.3. The number of hydrogen-bond acceptors (Lipinski definition) is 2. The second-order valence-electron chi connectivity index (χ2n) is 3.55. The van der Waals surface area contributed by atoms with Crippen molar-refractivity contribution >= 4 is 23.2 Å². The van der Waals surface area contributed by atoms with Crippen molar-refractivity contribution in [1.82, 2.24) is 4.98 Å². The number of rotatable bonds is 2. The average molecular weight is 263 g/mol. The lowest BCUT2D eigenvalue weighted by Gasteiger charge is -2.04. The van der Waals surface area contributed by atoms with Crippen LogP contribution < -0.4 is 0 Å². The fourth-order valence-electron chi connectivity index (χ4n) is 1.51. The third-order valence-corrected chi connectivity index (χ3v) is 3.07. The van der Waals surface area contributed by atoms with Gasteiger partial charge < -0.3 is 0 Å². The highest BCUT2D eigenvalue weighted by Gasteiger charge is 2.03. The first-order chi connectivity index (χ1) is 8.20. The van der Waals surface area contributed by atoms with Crippen LogP contribution in [0, 0.1) is 11.3 Å². The van der Waals surface area contributed by atoms with Crippen LogP contribution in [0.25, 0.3) is 11.1 Å². The maximum Gasteiger partial charge on any atom is 0.0670 e. The van der Waals surface area contributed by atoms with E-state index in [-0.39, 0.29) is 0 Å². The van der Waals surface area contributed by atoms with E-state index < -0.39 is 0 Å². The number of hydrogen-bond donors (Lipinski definition) is 0. The lowest BCUT2D eigenvalue weighted by atomic mass is 10.1. The van der Waals surface area contributed by atoms with Gasteiger partial charge in [-0.1, -0.05) is 29.3 Å². The van der Waals surface area contributed by atoms with Crippen molar-refractivity contribution in [3.8, 4) is 17.2 Å². The molecule has 0 bridgehead atoms. The largest absolute Gasteiger partial charge is 0.264 e. The summed E-state index contributed by atoms with van der Waals surface area (Å²) in [5.41, 5.74) is 2.75. The van der Waals surface area contributed by atoms with Crippen LogP contribution >= 0.6 is 23.2 Å². The van der Waals surface area contributed by atoms with E-state index in [1.807, 2.05) is 12.1 Å². The Labute approximate surface area is 109 Å². The molecule has 0 aliphatic carbocycles. The first kappa shape index (κ1) is 11.9. The quantitative estimate of drug-likeness (QED) is 0.817. The highest BCUT2D eigenvalue weighted by molar-refractivity contribution is 6.42. The first-order valence-corrected chi connectivity index (χ1v) is 5.72. The van der Waals surface area contributed by atoms with E-state index >= 15 is 0 Å². The molecule has 0 saturated heterocycles. The van der Waals surface area contributed by atoms with Crippen molar-refractivity contribution in [2.45, 2.75) is 6.42 Å². The van der Waals surface area contributed by atoms with Crippen LogP contribution in [0.3, 0.4) is 0 Å². The molecular formula is C13H8Cl2N2. The van der Waals surface area contributed by atoms with Crippen molar-refractivity contribution in [3.63, 3.8) is 0 Å². The zero-order valence-electron chi connectivity index (χ0n) is 8.82. The number of nitriles is 1. The Morgan fingerprint density at radius 3 is 2.59 bits per heavy atom. The lowest BCUT2D eigenvalue weighted by Crippen LogP contribution is -1.86. The smallest absolute Gasteiger partial charge is 0.0670 e. The van der Waals surface area contributed by atoms with Crippen LogP contribution in [0.5, 0.6) is 0 Å². The van der Waals surface area contributed by atoms with Gasteiger partial charge in [0, 0.05) is 18.0 Å². The van der Waals surface area contributed by atoms with E-state index in [9.17, 15) is 0 Å². The molecule has 0 fully saturated rings. The van der Waals surface area contributed by atoms with Gasteiger partial charge in [-0.05, 0) is 29.3 Å². The Bertz CT molecular complexity index is 588. The molecule has 0 unspecified atom stereocenters. The van der Waals surface area contributed by atoms with Gasteiger partial charge in [0.25, 0.3) is 0 Å². The van der Waals surface area contributed by atoms with E-state index in [1.165, 1.54) is 0 Å². The normalized spacial score (nSPS) is 9.94. The van der Waals surface area contributed by atoms with Gasteiger partial charge >= 0.3 is 0 Å². The molecule has 84 valence electrons.